The number of piperazine rings is 1. The maximum Gasteiger partial charge on any atom is 0.258 e. The Hall–Kier alpha value is -3.24. The van der Waals surface area contributed by atoms with Crippen LogP contribution in [0.1, 0.15) is 55.9 Å². The first-order valence-electron chi connectivity index (χ1n) is 12.0. The Bertz CT molecular complexity index is 1330. The summed E-state index contributed by atoms with van der Waals surface area (Å²) in [4.78, 5) is 29.1. The highest BCUT2D eigenvalue weighted by atomic mass is 16.5. The largest absolute Gasteiger partial charge is 0.427 e. The first-order valence-corrected chi connectivity index (χ1v) is 12.0. The van der Waals surface area contributed by atoms with Crippen molar-refractivity contribution >= 4 is 22.7 Å². The molecule has 4 heterocycles. The third kappa shape index (κ3) is 4.07. The van der Waals surface area contributed by atoms with Gasteiger partial charge in [-0.15, -0.1) is 0 Å². The number of rotatable bonds is 4. The van der Waals surface area contributed by atoms with Gasteiger partial charge in [0.1, 0.15) is 5.65 Å². The van der Waals surface area contributed by atoms with Crippen LogP contribution in [0.25, 0.3) is 11.0 Å². The van der Waals surface area contributed by atoms with E-state index in [4.69, 9.17) is 0 Å². The predicted octanol–water partition coefficient (Wildman–Crippen LogP) is 1.95. The number of pyridine rings is 2. The van der Waals surface area contributed by atoms with Gasteiger partial charge in [0, 0.05) is 49.4 Å². The molecule has 34 heavy (non-hydrogen) atoms. The van der Waals surface area contributed by atoms with Crippen LogP contribution in [-0.4, -0.2) is 55.8 Å². The smallest absolute Gasteiger partial charge is 0.258 e. The summed E-state index contributed by atoms with van der Waals surface area (Å²) in [5.74, 6) is 0.167. The van der Waals surface area contributed by atoms with Gasteiger partial charge in [-0.05, 0) is 44.4 Å². The van der Waals surface area contributed by atoms with Crippen molar-refractivity contribution in [1.82, 2.24) is 24.6 Å². The highest BCUT2D eigenvalue weighted by Crippen LogP contribution is 2.32. The molecule has 2 aliphatic rings. The second kappa shape index (κ2) is 9.19. The van der Waals surface area contributed by atoms with Crippen LogP contribution in [0.2, 0.25) is 0 Å². The molecule has 0 bridgehead atoms. The quantitative estimate of drug-likeness (QED) is 0.504. The summed E-state index contributed by atoms with van der Waals surface area (Å²) in [5.41, 5.74) is 2.62. The van der Waals surface area contributed by atoms with Crippen molar-refractivity contribution in [1.29, 1.82) is 0 Å². The third-order valence-electron chi connectivity index (χ3n) is 6.94. The van der Waals surface area contributed by atoms with E-state index in [1.165, 1.54) is 0 Å². The lowest BCUT2D eigenvalue weighted by Gasteiger charge is -2.29. The van der Waals surface area contributed by atoms with Crippen LogP contribution >= 0.6 is 0 Å². The molecule has 180 valence electrons. The normalized spacial score (nSPS) is 18.7. The molecule has 3 aromatic heterocycles. The summed E-state index contributed by atoms with van der Waals surface area (Å²) in [6.45, 7) is 6.99. The average Bonchev–Trinajstić information content (AvgIpc) is 3.35. The molecule has 0 radical (unpaired) electrons. The van der Waals surface area contributed by atoms with Crippen molar-refractivity contribution in [2.45, 2.75) is 51.7 Å². The monoisotopic (exact) mass is 465 g/mol. The van der Waals surface area contributed by atoms with Crippen molar-refractivity contribution in [3.8, 4) is 0 Å². The van der Waals surface area contributed by atoms with Crippen LogP contribution in [0.3, 0.4) is 0 Å². The Kier molecular flexibility index (Phi) is 6.09. The molecule has 1 aliphatic carbocycles. The van der Waals surface area contributed by atoms with Gasteiger partial charge in [-0.2, -0.15) is 14.7 Å². The van der Waals surface area contributed by atoms with Gasteiger partial charge in [-0.25, -0.2) is 4.98 Å². The van der Waals surface area contributed by atoms with Crippen LogP contribution in [0.15, 0.2) is 34.3 Å². The van der Waals surface area contributed by atoms with E-state index in [1.807, 2.05) is 13.0 Å². The van der Waals surface area contributed by atoms with E-state index in [2.05, 4.69) is 25.2 Å². The number of aliphatic hydroxyl groups is 1. The number of fused-ring (bicyclic) bond motifs is 1. The molecule has 0 spiro atoms. The van der Waals surface area contributed by atoms with E-state index in [-0.39, 0.29) is 17.5 Å². The maximum atomic E-state index is 13.4. The first kappa shape index (κ1) is 22.5. The summed E-state index contributed by atoms with van der Waals surface area (Å²) >= 11 is 0. The number of aromatic nitrogens is 4. The Morgan fingerprint density at radius 1 is 1.21 bits per heavy atom. The summed E-state index contributed by atoms with van der Waals surface area (Å²) in [6, 6.07) is 3.69. The Labute approximate surface area is 197 Å². The lowest BCUT2D eigenvalue weighted by molar-refractivity contribution is 0.172. The molecule has 2 fully saturated rings. The van der Waals surface area contributed by atoms with E-state index < -0.39 is 6.10 Å². The minimum atomic E-state index is -0.878. The molecule has 0 amide bonds. The van der Waals surface area contributed by atoms with Gasteiger partial charge in [0.25, 0.3) is 11.5 Å². The van der Waals surface area contributed by atoms with Crippen LogP contribution in [0.4, 0.5) is 11.6 Å². The van der Waals surface area contributed by atoms with E-state index in [0.717, 1.165) is 67.7 Å². The van der Waals surface area contributed by atoms with Crippen LogP contribution in [-0.2, 0) is 0 Å². The van der Waals surface area contributed by atoms with Gasteiger partial charge in [-0.1, -0.05) is 12.8 Å². The molecule has 1 unspecified atom stereocenters. The molecule has 1 saturated carbocycles. The predicted molar refractivity (Wildman–Crippen MR) is 129 cm³/mol. The van der Waals surface area contributed by atoms with Crippen molar-refractivity contribution in [2.75, 3.05) is 31.1 Å². The summed E-state index contributed by atoms with van der Waals surface area (Å²) in [5, 5.41) is 24.9. The molecule has 3 aromatic rings. The number of hydrogen-bond acceptors (Lipinski definition) is 8. The molecule has 3 N–H and O–H groups in total. The standard InChI is InChI=1S/C24H31N7O3/c1-15-19-13-26-24(27-20-8-7-18(14-30(20)34)29-11-9-25-10-12-29)28-22(19)31(17-5-3-4-6-17)23(33)21(15)16(2)32/h7-8,13-14,16-17,25,32,34H,3-6,9-12H2,1-2H3. The minimum absolute atomic E-state index is 0.0388. The second-order valence-electron chi connectivity index (χ2n) is 9.17. The van der Waals surface area contributed by atoms with Crippen LogP contribution in [0, 0.1) is 6.92 Å². The number of anilines is 1. The van der Waals surface area contributed by atoms with Gasteiger partial charge in [0.2, 0.25) is 0 Å². The van der Waals surface area contributed by atoms with Gasteiger partial charge in [-0.3, -0.25) is 9.36 Å². The molecule has 1 aliphatic heterocycles. The first-order chi connectivity index (χ1) is 16.4. The molecule has 1 saturated heterocycles. The minimum Gasteiger partial charge on any atom is -0.427 e. The van der Waals surface area contributed by atoms with Crippen LogP contribution in [0.5, 0.6) is 0 Å². The van der Waals surface area contributed by atoms with Crippen molar-refractivity contribution in [2.24, 2.45) is 4.99 Å². The number of nitrogens with zero attached hydrogens (tertiary/aromatic N) is 6. The zero-order valence-corrected chi connectivity index (χ0v) is 19.6. The van der Waals surface area contributed by atoms with E-state index in [0.29, 0.717) is 22.3 Å². The highest BCUT2D eigenvalue weighted by molar-refractivity contribution is 5.80. The fraction of sp³-hybridized carbons (Fsp3) is 0.500. The maximum absolute atomic E-state index is 13.4. The topological polar surface area (TPSA) is 121 Å². The van der Waals surface area contributed by atoms with Crippen LogP contribution < -0.4 is 21.3 Å². The summed E-state index contributed by atoms with van der Waals surface area (Å²) in [6.07, 6.45) is 6.33. The molecule has 0 aromatic carbocycles. The molecule has 10 heteroatoms. The molecule has 10 nitrogen and oxygen atoms in total. The molecule has 5 rings (SSSR count). The summed E-state index contributed by atoms with van der Waals surface area (Å²) in [7, 11) is 0. The lowest BCUT2D eigenvalue weighted by Crippen LogP contribution is -2.43. The van der Waals surface area contributed by atoms with Crippen molar-refractivity contribution in [3.05, 3.63) is 51.5 Å². The van der Waals surface area contributed by atoms with E-state index in [1.54, 1.807) is 30.0 Å². The Balaban J connectivity index is 1.61. The second-order valence-corrected chi connectivity index (χ2v) is 9.17. The van der Waals surface area contributed by atoms with Gasteiger partial charge < -0.3 is 20.5 Å². The lowest BCUT2D eigenvalue weighted by atomic mass is 10.0. The highest BCUT2D eigenvalue weighted by Gasteiger charge is 2.25. The van der Waals surface area contributed by atoms with Gasteiger partial charge in [0.05, 0.1) is 18.0 Å². The van der Waals surface area contributed by atoms with E-state index >= 15 is 0 Å². The Morgan fingerprint density at radius 3 is 2.62 bits per heavy atom. The van der Waals surface area contributed by atoms with Gasteiger partial charge >= 0.3 is 0 Å². The zero-order chi connectivity index (χ0) is 23.8. The SMILES string of the molecule is Cc1c(C(C)O)c(=O)n(C2CCCC2)c2nc(N=c3ccc(N4CCNCC4)cn3O)ncc12. The number of nitrogens with one attached hydrogen (secondary N) is 1. The third-order valence-corrected chi connectivity index (χ3v) is 6.94. The number of aryl methyl sites for hydroxylation is 1. The molecule has 1 atom stereocenters. The average molecular weight is 466 g/mol. The van der Waals surface area contributed by atoms with E-state index in [9.17, 15) is 15.1 Å². The van der Waals surface area contributed by atoms with Crippen molar-refractivity contribution < 1.29 is 10.3 Å². The fourth-order valence-corrected chi connectivity index (χ4v) is 5.16. The number of hydrogen-bond donors (Lipinski definition) is 3. The molecular weight excluding hydrogens is 434 g/mol. The van der Waals surface area contributed by atoms with Gasteiger partial charge in [0.15, 0.2) is 5.49 Å². The summed E-state index contributed by atoms with van der Waals surface area (Å²) < 4.78 is 2.70. The van der Waals surface area contributed by atoms with Crippen molar-refractivity contribution in [3.63, 3.8) is 0 Å². The Morgan fingerprint density at radius 2 is 1.94 bits per heavy atom. The zero-order valence-electron chi connectivity index (χ0n) is 19.6. The molecular formula is C24H31N7O3. The fourth-order valence-electron chi connectivity index (χ4n) is 5.16. The number of aliphatic hydroxyl groups excluding tert-OH is 1.